The lowest BCUT2D eigenvalue weighted by Gasteiger charge is -2.27. The van der Waals surface area contributed by atoms with Crippen molar-refractivity contribution < 1.29 is 0 Å². The average molecular weight is 280 g/mol. The molecule has 0 amide bonds. The van der Waals surface area contributed by atoms with E-state index in [0.29, 0.717) is 0 Å². The number of aryl methyl sites for hydroxylation is 2. The van der Waals surface area contributed by atoms with Crippen molar-refractivity contribution in [3.05, 3.63) is 64.5 Å². The standard InChI is InChI=1S/C19H24N2/c1-13-10-18(11-14(2)21-13)19(20-3)17-9-5-8-16(12-17)15-6-4-7-15/h5,8-12,15,19-20H,4,6-7H2,1-3H3. The Balaban J connectivity index is 1.95. The topological polar surface area (TPSA) is 24.9 Å². The minimum Gasteiger partial charge on any atom is -0.309 e. The third-order valence-electron chi connectivity index (χ3n) is 4.55. The molecule has 2 nitrogen and oxygen atoms in total. The lowest BCUT2D eigenvalue weighted by atomic mass is 9.79. The van der Waals surface area contributed by atoms with E-state index in [4.69, 9.17) is 0 Å². The van der Waals surface area contributed by atoms with Crippen LogP contribution in [-0.4, -0.2) is 12.0 Å². The lowest BCUT2D eigenvalue weighted by Crippen LogP contribution is -2.19. The molecule has 1 heterocycles. The highest BCUT2D eigenvalue weighted by Gasteiger charge is 2.21. The molecule has 1 aliphatic carbocycles. The summed E-state index contributed by atoms with van der Waals surface area (Å²) in [6.45, 7) is 4.13. The van der Waals surface area contributed by atoms with Crippen LogP contribution in [0.5, 0.6) is 0 Å². The Morgan fingerprint density at radius 3 is 2.33 bits per heavy atom. The SMILES string of the molecule is CNC(c1cccc(C2CCC2)c1)c1cc(C)nc(C)c1. The molecule has 0 bridgehead atoms. The van der Waals surface area contributed by atoms with E-state index in [0.717, 1.165) is 17.3 Å². The van der Waals surface area contributed by atoms with Crippen molar-refractivity contribution in [2.75, 3.05) is 7.05 Å². The zero-order valence-electron chi connectivity index (χ0n) is 13.2. The Morgan fingerprint density at radius 2 is 1.76 bits per heavy atom. The van der Waals surface area contributed by atoms with Gasteiger partial charge in [-0.15, -0.1) is 0 Å². The summed E-state index contributed by atoms with van der Waals surface area (Å²) in [5.74, 6) is 0.781. The highest BCUT2D eigenvalue weighted by molar-refractivity contribution is 5.37. The molecule has 0 spiro atoms. The van der Waals surface area contributed by atoms with Gasteiger partial charge in [-0.3, -0.25) is 4.98 Å². The lowest BCUT2D eigenvalue weighted by molar-refractivity contribution is 0.419. The zero-order chi connectivity index (χ0) is 14.8. The summed E-state index contributed by atoms with van der Waals surface area (Å²) in [6.07, 6.45) is 4.08. The second-order valence-corrected chi connectivity index (χ2v) is 6.20. The fraction of sp³-hybridized carbons (Fsp3) is 0.421. The first-order chi connectivity index (χ1) is 10.2. The fourth-order valence-corrected chi connectivity index (χ4v) is 3.29. The van der Waals surface area contributed by atoms with Crippen molar-refractivity contribution in [2.24, 2.45) is 0 Å². The van der Waals surface area contributed by atoms with E-state index in [9.17, 15) is 0 Å². The van der Waals surface area contributed by atoms with Crippen molar-refractivity contribution in [3.63, 3.8) is 0 Å². The number of nitrogens with one attached hydrogen (secondary N) is 1. The van der Waals surface area contributed by atoms with Gasteiger partial charge in [0.25, 0.3) is 0 Å². The van der Waals surface area contributed by atoms with Gasteiger partial charge in [0.1, 0.15) is 0 Å². The molecule has 3 rings (SSSR count). The molecule has 1 fully saturated rings. The number of benzene rings is 1. The molecule has 0 saturated heterocycles. The van der Waals surface area contributed by atoms with Crippen molar-refractivity contribution in [3.8, 4) is 0 Å². The molecular weight excluding hydrogens is 256 g/mol. The van der Waals surface area contributed by atoms with Crippen LogP contribution in [0, 0.1) is 13.8 Å². The number of hydrogen-bond acceptors (Lipinski definition) is 2. The fourth-order valence-electron chi connectivity index (χ4n) is 3.29. The second-order valence-electron chi connectivity index (χ2n) is 6.20. The van der Waals surface area contributed by atoms with Gasteiger partial charge in [-0.2, -0.15) is 0 Å². The van der Waals surface area contributed by atoms with Gasteiger partial charge in [-0.25, -0.2) is 0 Å². The summed E-state index contributed by atoms with van der Waals surface area (Å²) in [6, 6.07) is 13.7. The largest absolute Gasteiger partial charge is 0.309 e. The Bertz CT molecular complexity index is 609. The summed E-state index contributed by atoms with van der Waals surface area (Å²) < 4.78 is 0. The van der Waals surface area contributed by atoms with E-state index < -0.39 is 0 Å². The number of rotatable bonds is 4. The van der Waals surface area contributed by atoms with Crippen molar-refractivity contribution in [1.82, 2.24) is 10.3 Å². The van der Waals surface area contributed by atoms with Gasteiger partial charge < -0.3 is 5.32 Å². The molecule has 110 valence electrons. The van der Waals surface area contributed by atoms with Gasteiger partial charge in [0.05, 0.1) is 6.04 Å². The molecule has 0 radical (unpaired) electrons. The van der Waals surface area contributed by atoms with Crippen LogP contribution in [0.3, 0.4) is 0 Å². The smallest absolute Gasteiger partial charge is 0.0575 e. The minimum atomic E-state index is 0.241. The number of aromatic nitrogens is 1. The van der Waals surface area contributed by atoms with E-state index in [1.54, 1.807) is 0 Å². The van der Waals surface area contributed by atoms with Crippen LogP contribution in [0.4, 0.5) is 0 Å². The van der Waals surface area contributed by atoms with Crippen LogP contribution in [0.15, 0.2) is 36.4 Å². The molecule has 21 heavy (non-hydrogen) atoms. The first kappa shape index (κ1) is 14.3. The minimum absolute atomic E-state index is 0.241. The Hall–Kier alpha value is -1.67. The van der Waals surface area contributed by atoms with Crippen molar-refractivity contribution >= 4 is 0 Å². The van der Waals surface area contributed by atoms with Crippen LogP contribution in [0.1, 0.15) is 59.3 Å². The monoisotopic (exact) mass is 280 g/mol. The number of pyridine rings is 1. The maximum atomic E-state index is 4.49. The molecule has 1 unspecified atom stereocenters. The van der Waals surface area contributed by atoms with Gasteiger partial charge in [0, 0.05) is 11.4 Å². The van der Waals surface area contributed by atoms with Crippen molar-refractivity contribution in [1.29, 1.82) is 0 Å². The molecule has 2 aromatic rings. The third-order valence-corrected chi connectivity index (χ3v) is 4.55. The summed E-state index contributed by atoms with van der Waals surface area (Å²) in [5, 5.41) is 3.46. The zero-order valence-corrected chi connectivity index (χ0v) is 13.2. The molecule has 1 aromatic heterocycles. The van der Waals surface area contributed by atoms with Crippen LogP contribution in [-0.2, 0) is 0 Å². The van der Waals surface area contributed by atoms with Gasteiger partial charge in [0.2, 0.25) is 0 Å². The quantitative estimate of drug-likeness (QED) is 0.904. The molecular formula is C19H24N2. The molecule has 1 N–H and O–H groups in total. The normalized spacial score (nSPS) is 16.5. The van der Waals surface area contributed by atoms with Gasteiger partial charge in [0.15, 0.2) is 0 Å². The number of nitrogens with zero attached hydrogens (tertiary/aromatic N) is 1. The summed E-state index contributed by atoms with van der Waals surface area (Å²) >= 11 is 0. The van der Waals surface area contributed by atoms with E-state index >= 15 is 0 Å². The van der Waals surface area contributed by atoms with Crippen LogP contribution >= 0.6 is 0 Å². The van der Waals surface area contributed by atoms with E-state index in [-0.39, 0.29) is 6.04 Å². The summed E-state index contributed by atoms with van der Waals surface area (Å²) in [5.41, 5.74) is 6.32. The van der Waals surface area contributed by atoms with Gasteiger partial charge >= 0.3 is 0 Å². The highest BCUT2D eigenvalue weighted by Crippen LogP contribution is 2.37. The van der Waals surface area contributed by atoms with E-state index in [2.05, 4.69) is 60.5 Å². The Labute approximate surface area is 127 Å². The number of hydrogen-bond donors (Lipinski definition) is 1. The summed E-state index contributed by atoms with van der Waals surface area (Å²) in [4.78, 5) is 4.49. The van der Waals surface area contributed by atoms with Gasteiger partial charge in [-0.05, 0) is 68.5 Å². The molecule has 1 saturated carbocycles. The maximum Gasteiger partial charge on any atom is 0.0575 e. The maximum absolute atomic E-state index is 4.49. The first-order valence-electron chi connectivity index (χ1n) is 7.89. The van der Waals surface area contributed by atoms with Crippen LogP contribution in [0.2, 0.25) is 0 Å². The second kappa shape index (κ2) is 5.98. The third kappa shape index (κ3) is 3.01. The van der Waals surface area contributed by atoms with E-state index in [1.165, 1.54) is 36.0 Å². The molecule has 0 aliphatic heterocycles. The van der Waals surface area contributed by atoms with Crippen molar-refractivity contribution in [2.45, 2.75) is 45.1 Å². The average Bonchev–Trinajstić information content (AvgIpc) is 2.37. The Morgan fingerprint density at radius 1 is 1.05 bits per heavy atom. The molecule has 1 aliphatic rings. The predicted octanol–water partition coefficient (Wildman–Crippen LogP) is 4.27. The Kier molecular flexibility index (Phi) is 4.07. The summed E-state index contributed by atoms with van der Waals surface area (Å²) in [7, 11) is 2.03. The first-order valence-corrected chi connectivity index (χ1v) is 7.89. The van der Waals surface area contributed by atoms with Crippen LogP contribution in [0.25, 0.3) is 0 Å². The predicted molar refractivity (Wildman–Crippen MR) is 87.6 cm³/mol. The van der Waals surface area contributed by atoms with Crippen LogP contribution < -0.4 is 5.32 Å². The van der Waals surface area contributed by atoms with E-state index in [1.807, 2.05) is 7.05 Å². The van der Waals surface area contributed by atoms with Gasteiger partial charge in [-0.1, -0.05) is 30.7 Å². The molecule has 2 heteroatoms. The highest BCUT2D eigenvalue weighted by atomic mass is 14.9. The molecule has 1 aromatic carbocycles. The molecule has 1 atom stereocenters.